The van der Waals surface area contributed by atoms with Crippen molar-refractivity contribution >= 4 is 34.3 Å². The number of fused-ring (bicyclic) bond motifs is 1. The second-order valence-corrected chi connectivity index (χ2v) is 8.56. The topological polar surface area (TPSA) is 65.2 Å². The lowest BCUT2D eigenvalue weighted by molar-refractivity contribution is -0.122. The lowest BCUT2D eigenvalue weighted by Crippen LogP contribution is -2.39. The molecule has 0 spiro atoms. The normalized spacial score (nSPS) is 14.8. The number of aromatic amines is 1. The van der Waals surface area contributed by atoms with Crippen LogP contribution in [0, 0.1) is 12.8 Å². The molecule has 30 heavy (non-hydrogen) atoms. The molecular weight excluding hydrogens is 398 g/mol. The van der Waals surface area contributed by atoms with Crippen LogP contribution in [0.25, 0.3) is 10.9 Å². The van der Waals surface area contributed by atoms with Gasteiger partial charge in [-0.3, -0.25) is 9.59 Å². The van der Waals surface area contributed by atoms with Crippen molar-refractivity contribution in [2.75, 3.05) is 13.1 Å². The number of aryl methyl sites for hydroxylation is 1. The van der Waals surface area contributed by atoms with Gasteiger partial charge in [0.2, 0.25) is 5.91 Å². The summed E-state index contributed by atoms with van der Waals surface area (Å²) in [5, 5.41) is 4.61. The molecule has 6 heteroatoms. The predicted octanol–water partition coefficient (Wildman–Crippen LogP) is 4.69. The first kappa shape index (κ1) is 20.5. The zero-order valence-corrected chi connectivity index (χ0v) is 17.8. The monoisotopic (exact) mass is 423 g/mol. The van der Waals surface area contributed by atoms with Crippen molar-refractivity contribution in [2.45, 2.75) is 32.7 Å². The van der Waals surface area contributed by atoms with Gasteiger partial charge in [0.05, 0.1) is 0 Å². The number of nitrogens with one attached hydrogen (secondary N) is 2. The second kappa shape index (κ2) is 8.92. The van der Waals surface area contributed by atoms with Crippen molar-refractivity contribution in [3.05, 3.63) is 70.4 Å². The van der Waals surface area contributed by atoms with Gasteiger partial charge >= 0.3 is 0 Å². The van der Waals surface area contributed by atoms with Crippen molar-refractivity contribution in [3.8, 4) is 0 Å². The Morgan fingerprint density at radius 1 is 1.13 bits per heavy atom. The van der Waals surface area contributed by atoms with Crippen molar-refractivity contribution in [3.63, 3.8) is 0 Å². The van der Waals surface area contributed by atoms with E-state index in [0.29, 0.717) is 42.7 Å². The van der Waals surface area contributed by atoms with E-state index in [1.165, 1.54) is 5.56 Å². The minimum Gasteiger partial charge on any atom is -0.352 e. The molecule has 4 rings (SSSR count). The van der Waals surface area contributed by atoms with Gasteiger partial charge in [-0.25, -0.2) is 0 Å². The first-order chi connectivity index (χ1) is 14.5. The van der Waals surface area contributed by atoms with Crippen LogP contribution in [0.2, 0.25) is 5.02 Å². The van der Waals surface area contributed by atoms with Crippen LogP contribution in [0.1, 0.15) is 40.9 Å². The van der Waals surface area contributed by atoms with Crippen molar-refractivity contribution in [2.24, 2.45) is 5.92 Å². The van der Waals surface area contributed by atoms with Crippen LogP contribution < -0.4 is 5.32 Å². The minimum atomic E-state index is 0.00433. The van der Waals surface area contributed by atoms with E-state index < -0.39 is 0 Å². The van der Waals surface area contributed by atoms with Crippen LogP contribution in [0.15, 0.2) is 48.5 Å². The van der Waals surface area contributed by atoms with E-state index in [1.807, 2.05) is 54.3 Å². The number of likely N-dealkylation sites (tertiary alicyclic amines) is 1. The molecule has 1 aliphatic rings. The van der Waals surface area contributed by atoms with E-state index in [0.717, 1.165) is 29.3 Å². The van der Waals surface area contributed by atoms with E-state index in [9.17, 15) is 9.59 Å². The summed E-state index contributed by atoms with van der Waals surface area (Å²) < 4.78 is 0. The zero-order valence-electron chi connectivity index (χ0n) is 17.1. The van der Waals surface area contributed by atoms with Gasteiger partial charge in [-0.05, 0) is 55.5 Å². The Morgan fingerprint density at radius 2 is 1.93 bits per heavy atom. The van der Waals surface area contributed by atoms with Gasteiger partial charge in [0.1, 0.15) is 5.69 Å². The molecule has 2 N–H and O–H groups in total. The number of halogens is 1. The Balaban J connectivity index is 1.26. The number of piperidine rings is 1. The fraction of sp³-hybridized carbons (Fsp3) is 0.333. The van der Waals surface area contributed by atoms with Crippen LogP contribution in [-0.2, 0) is 11.3 Å². The lowest BCUT2D eigenvalue weighted by atomic mass is 9.93. The first-order valence-corrected chi connectivity index (χ1v) is 10.8. The smallest absolute Gasteiger partial charge is 0.270 e. The standard InChI is InChI=1S/C24H26ClN3O2/c1-16-3-2-4-18(11-16)15-26-23(29)12-17-7-9-28(10-8-17)24(30)22-14-19-13-20(25)5-6-21(19)27-22/h2-6,11,13-14,17,27H,7-10,12,15H2,1H3,(H,26,29). The van der Waals surface area contributed by atoms with Crippen molar-refractivity contribution in [1.29, 1.82) is 0 Å². The van der Waals surface area contributed by atoms with Gasteiger partial charge < -0.3 is 15.2 Å². The molecule has 0 aliphatic carbocycles. The highest BCUT2D eigenvalue weighted by molar-refractivity contribution is 6.31. The second-order valence-electron chi connectivity index (χ2n) is 8.12. The zero-order chi connectivity index (χ0) is 21.1. The number of hydrogen-bond donors (Lipinski definition) is 2. The Hall–Kier alpha value is -2.79. The number of nitrogens with zero attached hydrogens (tertiary/aromatic N) is 1. The van der Waals surface area contributed by atoms with E-state index in [4.69, 9.17) is 11.6 Å². The summed E-state index contributed by atoms with van der Waals surface area (Å²) in [6.45, 7) is 3.95. The SMILES string of the molecule is Cc1cccc(CNC(=O)CC2CCN(C(=O)c3cc4cc(Cl)ccc4[nH]3)CC2)c1. The summed E-state index contributed by atoms with van der Waals surface area (Å²) >= 11 is 6.04. The molecule has 1 fully saturated rings. The summed E-state index contributed by atoms with van der Waals surface area (Å²) in [4.78, 5) is 30.2. The van der Waals surface area contributed by atoms with Crippen molar-refractivity contribution < 1.29 is 9.59 Å². The Morgan fingerprint density at radius 3 is 2.70 bits per heavy atom. The fourth-order valence-electron chi connectivity index (χ4n) is 4.09. The number of aromatic nitrogens is 1. The number of rotatable bonds is 5. The van der Waals surface area contributed by atoms with Gasteiger partial charge in [-0.15, -0.1) is 0 Å². The summed E-state index contributed by atoms with van der Waals surface area (Å²) in [6, 6.07) is 15.6. The maximum absolute atomic E-state index is 12.9. The van der Waals surface area contributed by atoms with E-state index in [1.54, 1.807) is 0 Å². The van der Waals surface area contributed by atoms with Crippen LogP contribution in [-0.4, -0.2) is 34.8 Å². The fourth-order valence-corrected chi connectivity index (χ4v) is 4.27. The number of benzene rings is 2. The molecule has 0 unspecified atom stereocenters. The van der Waals surface area contributed by atoms with E-state index >= 15 is 0 Å². The van der Waals surface area contributed by atoms with Crippen LogP contribution in [0.5, 0.6) is 0 Å². The highest BCUT2D eigenvalue weighted by Gasteiger charge is 2.26. The third-order valence-corrected chi connectivity index (χ3v) is 6.00. The molecular formula is C24H26ClN3O2. The highest BCUT2D eigenvalue weighted by atomic mass is 35.5. The van der Waals surface area contributed by atoms with Crippen LogP contribution >= 0.6 is 11.6 Å². The third kappa shape index (κ3) is 4.85. The number of carbonyl (C=O) groups excluding carboxylic acids is 2. The maximum Gasteiger partial charge on any atom is 0.270 e. The number of carbonyl (C=O) groups is 2. The number of H-pyrrole nitrogens is 1. The van der Waals surface area contributed by atoms with E-state index in [-0.39, 0.29) is 11.8 Å². The lowest BCUT2D eigenvalue weighted by Gasteiger charge is -2.31. The molecule has 0 saturated carbocycles. The Kier molecular flexibility index (Phi) is 6.09. The molecule has 0 radical (unpaired) electrons. The van der Waals surface area contributed by atoms with Gasteiger partial charge in [0.25, 0.3) is 5.91 Å². The van der Waals surface area contributed by atoms with Gasteiger partial charge in [-0.2, -0.15) is 0 Å². The van der Waals surface area contributed by atoms with Crippen LogP contribution in [0.4, 0.5) is 0 Å². The summed E-state index contributed by atoms with van der Waals surface area (Å²) in [6.07, 6.45) is 2.20. The largest absolute Gasteiger partial charge is 0.352 e. The highest BCUT2D eigenvalue weighted by Crippen LogP contribution is 2.24. The molecule has 1 aromatic heterocycles. The third-order valence-electron chi connectivity index (χ3n) is 5.76. The maximum atomic E-state index is 12.9. The minimum absolute atomic E-state index is 0.00433. The molecule has 2 amide bonds. The summed E-state index contributed by atoms with van der Waals surface area (Å²) in [5.41, 5.74) is 3.80. The molecule has 1 aliphatic heterocycles. The van der Waals surface area contributed by atoms with Gasteiger partial charge in [0, 0.05) is 42.0 Å². The quantitative estimate of drug-likeness (QED) is 0.625. The van der Waals surface area contributed by atoms with E-state index in [2.05, 4.69) is 16.4 Å². The van der Waals surface area contributed by atoms with Gasteiger partial charge in [-0.1, -0.05) is 41.4 Å². The predicted molar refractivity (Wildman–Crippen MR) is 120 cm³/mol. The average Bonchev–Trinajstić information content (AvgIpc) is 3.15. The molecule has 3 aromatic rings. The molecule has 5 nitrogen and oxygen atoms in total. The van der Waals surface area contributed by atoms with Crippen LogP contribution in [0.3, 0.4) is 0 Å². The average molecular weight is 424 g/mol. The molecule has 2 heterocycles. The summed E-state index contributed by atoms with van der Waals surface area (Å²) in [5.74, 6) is 0.395. The summed E-state index contributed by atoms with van der Waals surface area (Å²) in [7, 11) is 0. The Labute approximate surface area is 181 Å². The number of amides is 2. The molecule has 0 atom stereocenters. The Bertz CT molecular complexity index is 1070. The molecule has 156 valence electrons. The number of hydrogen-bond acceptors (Lipinski definition) is 2. The van der Waals surface area contributed by atoms with Gasteiger partial charge in [0.15, 0.2) is 0 Å². The molecule has 2 aromatic carbocycles. The first-order valence-electron chi connectivity index (χ1n) is 10.4. The van der Waals surface area contributed by atoms with Crippen molar-refractivity contribution in [1.82, 2.24) is 15.2 Å². The molecule has 1 saturated heterocycles. The molecule has 0 bridgehead atoms.